The summed E-state index contributed by atoms with van der Waals surface area (Å²) >= 11 is 0. The Bertz CT molecular complexity index is 2300. The SMILES string of the molecule is C=CCc1ccc2c3ccccc3c3cc(-c4cccc(-c5cc(-c6ccncc6)cc(-c6ccncc6)c5)c4)ccc3c2c1. The predicted molar refractivity (Wildman–Crippen MR) is 190 cm³/mol. The molecule has 8 rings (SSSR count). The second-order valence-corrected chi connectivity index (χ2v) is 11.5. The van der Waals surface area contributed by atoms with E-state index in [1.54, 1.807) is 0 Å². The van der Waals surface area contributed by atoms with Crippen molar-refractivity contribution < 1.29 is 0 Å². The maximum atomic E-state index is 4.23. The predicted octanol–water partition coefficient (Wildman–Crippen LogP) is 11.3. The van der Waals surface area contributed by atoms with Gasteiger partial charge in [0.25, 0.3) is 0 Å². The van der Waals surface area contributed by atoms with E-state index >= 15 is 0 Å². The van der Waals surface area contributed by atoms with Gasteiger partial charge in [-0.1, -0.05) is 78.9 Å². The van der Waals surface area contributed by atoms with Gasteiger partial charge in [-0.05, 0) is 143 Å². The molecule has 0 aliphatic heterocycles. The monoisotopic (exact) mass is 574 g/mol. The summed E-state index contributed by atoms with van der Waals surface area (Å²) in [6.45, 7) is 3.96. The fraction of sp³-hybridized carbons (Fsp3) is 0.0233. The van der Waals surface area contributed by atoms with E-state index in [1.165, 1.54) is 60.1 Å². The van der Waals surface area contributed by atoms with Gasteiger partial charge in [0.1, 0.15) is 0 Å². The Hall–Kier alpha value is -5.86. The number of pyridine rings is 2. The summed E-state index contributed by atoms with van der Waals surface area (Å²) in [7, 11) is 0. The second-order valence-electron chi connectivity index (χ2n) is 11.5. The molecular formula is C43H30N2. The third-order valence-electron chi connectivity index (χ3n) is 8.77. The van der Waals surface area contributed by atoms with Crippen LogP contribution in [0.1, 0.15) is 5.56 Å². The van der Waals surface area contributed by atoms with Crippen molar-refractivity contribution in [3.8, 4) is 44.5 Å². The summed E-state index contributed by atoms with van der Waals surface area (Å²) in [6.07, 6.45) is 10.2. The minimum absolute atomic E-state index is 0.861. The van der Waals surface area contributed by atoms with Crippen LogP contribution in [-0.2, 0) is 6.42 Å². The third-order valence-corrected chi connectivity index (χ3v) is 8.77. The first-order valence-corrected chi connectivity index (χ1v) is 15.3. The van der Waals surface area contributed by atoms with Crippen LogP contribution in [0.2, 0.25) is 0 Å². The minimum atomic E-state index is 0.861. The number of hydrogen-bond acceptors (Lipinski definition) is 2. The molecule has 2 nitrogen and oxygen atoms in total. The molecule has 0 spiro atoms. The first-order valence-electron chi connectivity index (χ1n) is 15.3. The van der Waals surface area contributed by atoms with Crippen LogP contribution in [0.25, 0.3) is 76.8 Å². The van der Waals surface area contributed by atoms with Gasteiger partial charge in [-0.25, -0.2) is 0 Å². The number of hydrogen-bond donors (Lipinski definition) is 0. The number of rotatable bonds is 6. The maximum absolute atomic E-state index is 4.23. The molecule has 0 saturated carbocycles. The van der Waals surface area contributed by atoms with E-state index < -0.39 is 0 Å². The largest absolute Gasteiger partial charge is 0.265 e. The van der Waals surface area contributed by atoms with Gasteiger partial charge in [0.2, 0.25) is 0 Å². The standard InChI is InChI=1S/C43H30N2/c1-2-6-29-11-13-40-38-9-3-4-10-39(38)43-28-34(12-14-41(43)42(40)23-29)32-7-5-8-33(24-32)37-26-35(30-15-19-44-20-16-30)25-36(27-37)31-17-21-45-22-18-31/h2-5,7-28H,1,6H2. The Balaban J connectivity index is 1.29. The van der Waals surface area contributed by atoms with Gasteiger partial charge in [-0.3, -0.25) is 9.97 Å². The highest BCUT2D eigenvalue weighted by Gasteiger charge is 2.12. The lowest BCUT2D eigenvalue weighted by atomic mass is 9.90. The van der Waals surface area contributed by atoms with Crippen LogP contribution in [0.15, 0.2) is 165 Å². The highest BCUT2D eigenvalue weighted by Crippen LogP contribution is 2.39. The van der Waals surface area contributed by atoms with Crippen LogP contribution < -0.4 is 0 Å². The van der Waals surface area contributed by atoms with Crippen molar-refractivity contribution in [2.75, 3.05) is 0 Å². The van der Waals surface area contributed by atoms with Crippen LogP contribution in [-0.4, -0.2) is 9.97 Å². The quantitative estimate of drug-likeness (QED) is 0.146. The molecule has 2 heteroatoms. The van der Waals surface area contributed by atoms with Gasteiger partial charge in [0, 0.05) is 24.8 Å². The summed E-state index contributed by atoms with van der Waals surface area (Å²) in [5, 5.41) is 7.70. The molecule has 0 unspecified atom stereocenters. The van der Waals surface area contributed by atoms with E-state index in [1.807, 2.05) is 30.9 Å². The normalized spacial score (nSPS) is 11.3. The lowest BCUT2D eigenvalue weighted by Gasteiger charge is -2.14. The molecule has 2 heterocycles. The molecule has 0 saturated heterocycles. The highest BCUT2D eigenvalue weighted by atomic mass is 14.6. The molecule has 8 aromatic rings. The van der Waals surface area contributed by atoms with Gasteiger partial charge in [-0.15, -0.1) is 6.58 Å². The first kappa shape index (κ1) is 26.7. The lowest BCUT2D eigenvalue weighted by molar-refractivity contribution is 1.29. The Morgan fingerprint density at radius 2 is 0.844 bits per heavy atom. The molecule has 212 valence electrons. The molecule has 0 atom stereocenters. The molecule has 0 aliphatic rings. The number of fused-ring (bicyclic) bond motifs is 6. The zero-order chi connectivity index (χ0) is 30.2. The summed E-state index contributed by atoms with van der Waals surface area (Å²) in [5.74, 6) is 0. The summed E-state index contributed by atoms with van der Waals surface area (Å²) in [4.78, 5) is 8.47. The molecule has 0 amide bonds. The second kappa shape index (κ2) is 11.3. The molecule has 0 aliphatic carbocycles. The fourth-order valence-electron chi connectivity index (χ4n) is 6.57. The molecule has 45 heavy (non-hydrogen) atoms. The van der Waals surface area contributed by atoms with Crippen LogP contribution >= 0.6 is 0 Å². The molecule has 6 aromatic carbocycles. The smallest absolute Gasteiger partial charge is 0.0273 e. The maximum Gasteiger partial charge on any atom is 0.0273 e. The average molecular weight is 575 g/mol. The van der Waals surface area contributed by atoms with Gasteiger partial charge in [0.05, 0.1) is 0 Å². The Kier molecular flexibility index (Phi) is 6.73. The topological polar surface area (TPSA) is 25.8 Å². The van der Waals surface area contributed by atoms with Crippen molar-refractivity contribution in [1.82, 2.24) is 9.97 Å². The third kappa shape index (κ3) is 4.97. The Morgan fingerprint density at radius 3 is 1.49 bits per heavy atom. The molecule has 0 fully saturated rings. The van der Waals surface area contributed by atoms with E-state index in [4.69, 9.17) is 0 Å². The van der Waals surface area contributed by atoms with E-state index in [2.05, 4.69) is 144 Å². The van der Waals surface area contributed by atoms with Crippen LogP contribution in [0.5, 0.6) is 0 Å². The van der Waals surface area contributed by atoms with E-state index in [-0.39, 0.29) is 0 Å². The van der Waals surface area contributed by atoms with E-state index in [0.717, 1.165) is 28.7 Å². The van der Waals surface area contributed by atoms with Crippen LogP contribution in [0.4, 0.5) is 0 Å². The molecule has 0 radical (unpaired) electrons. The molecular weight excluding hydrogens is 544 g/mol. The van der Waals surface area contributed by atoms with Crippen LogP contribution in [0.3, 0.4) is 0 Å². The Labute approximate surface area is 263 Å². The number of benzene rings is 6. The van der Waals surface area contributed by atoms with Crippen molar-refractivity contribution in [1.29, 1.82) is 0 Å². The van der Waals surface area contributed by atoms with Crippen molar-refractivity contribution in [2.45, 2.75) is 6.42 Å². The summed E-state index contributed by atoms with van der Waals surface area (Å²) in [6, 6.07) is 46.5. The number of aromatic nitrogens is 2. The Morgan fingerprint density at radius 1 is 0.378 bits per heavy atom. The van der Waals surface area contributed by atoms with Gasteiger partial charge in [0.15, 0.2) is 0 Å². The van der Waals surface area contributed by atoms with Gasteiger partial charge in [-0.2, -0.15) is 0 Å². The van der Waals surface area contributed by atoms with Crippen molar-refractivity contribution in [3.05, 3.63) is 170 Å². The lowest BCUT2D eigenvalue weighted by Crippen LogP contribution is -1.89. The number of nitrogens with zero attached hydrogens (tertiary/aromatic N) is 2. The fourth-order valence-corrected chi connectivity index (χ4v) is 6.57. The first-order chi connectivity index (χ1) is 22.2. The summed E-state index contributed by atoms with van der Waals surface area (Å²) in [5.41, 5.74) is 10.6. The molecule has 2 aromatic heterocycles. The minimum Gasteiger partial charge on any atom is -0.265 e. The molecule has 0 N–H and O–H groups in total. The van der Waals surface area contributed by atoms with Crippen LogP contribution in [0, 0.1) is 0 Å². The van der Waals surface area contributed by atoms with Gasteiger partial charge < -0.3 is 0 Å². The zero-order valence-corrected chi connectivity index (χ0v) is 24.8. The number of allylic oxidation sites excluding steroid dienone is 1. The highest BCUT2D eigenvalue weighted by molar-refractivity contribution is 6.25. The molecule has 0 bridgehead atoms. The van der Waals surface area contributed by atoms with Crippen molar-refractivity contribution in [2.24, 2.45) is 0 Å². The van der Waals surface area contributed by atoms with E-state index in [0.29, 0.717) is 0 Å². The average Bonchev–Trinajstić information content (AvgIpc) is 3.12. The zero-order valence-electron chi connectivity index (χ0n) is 24.8. The summed E-state index contributed by atoms with van der Waals surface area (Å²) < 4.78 is 0. The van der Waals surface area contributed by atoms with Crippen molar-refractivity contribution >= 4 is 32.3 Å². The van der Waals surface area contributed by atoms with Gasteiger partial charge >= 0.3 is 0 Å². The van der Waals surface area contributed by atoms with E-state index in [9.17, 15) is 0 Å². The van der Waals surface area contributed by atoms with Crippen molar-refractivity contribution in [3.63, 3.8) is 0 Å².